The third kappa shape index (κ3) is 5.19. The molecule has 1 aromatic carbocycles. The van der Waals surface area contributed by atoms with Crippen LogP contribution in [0.1, 0.15) is 17.5 Å². The molecule has 1 aromatic rings. The van der Waals surface area contributed by atoms with Gasteiger partial charge < -0.3 is 10.2 Å². The Labute approximate surface area is 150 Å². The maximum atomic E-state index is 12.3. The number of halogens is 1. The van der Waals surface area contributed by atoms with E-state index in [-0.39, 0.29) is 29.8 Å². The van der Waals surface area contributed by atoms with Gasteiger partial charge in [-0.25, -0.2) is 8.42 Å². The molecule has 0 bridgehead atoms. The highest BCUT2D eigenvalue weighted by Gasteiger charge is 2.24. The zero-order valence-corrected chi connectivity index (χ0v) is 15.4. The molecule has 2 heterocycles. The van der Waals surface area contributed by atoms with Gasteiger partial charge in [0.2, 0.25) is 5.91 Å². The maximum Gasteiger partial charge on any atom is 0.227 e. The van der Waals surface area contributed by atoms with E-state index in [1.54, 1.807) is 4.90 Å². The Hall–Kier alpha value is -1.11. The van der Waals surface area contributed by atoms with Crippen LogP contribution in [0.2, 0.25) is 0 Å². The second-order valence-electron chi connectivity index (χ2n) is 6.59. The normalized spacial score (nSPS) is 22.8. The summed E-state index contributed by atoms with van der Waals surface area (Å²) in [5, 5.41) is 3.38. The lowest BCUT2D eigenvalue weighted by Crippen LogP contribution is -2.44. The van der Waals surface area contributed by atoms with Crippen molar-refractivity contribution in [1.82, 2.24) is 10.2 Å². The fourth-order valence-electron chi connectivity index (χ4n) is 3.26. The van der Waals surface area contributed by atoms with Crippen molar-refractivity contribution in [1.29, 1.82) is 0 Å². The predicted molar refractivity (Wildman–Crippen MR) is 97.3 cm³/mol. The largest absolute Gasteiger partial charge is 0.340 e. The number of amides is 1. The van der Waals surface area contributed by atoms with Gasteiger partial charge in [0.25, 0.3) is 0 Å². The van der Waals surface area contributed by atoms with Crippen molar-refractivity contribution in [2.45, 2.75) is 19.3 Å². The molecule has 2 aliphatic rings. The van der Waals surface area contributed by atoms with E-state index in [0.717, 1.165) is 31.0 Å². The highest BCUT2D eigenvalue weighted by Crippen LogP contribution is 2.16. The molecule has 7 heteroatoms. The van der Waals surface area contributed by atoms with E-state index in [1.807, 2.05) is 12.1 Å². The number of hydrogen-bond donors (Lipinski definition) is 1. The van der Waals surface area contributed by atoms with Crippen LogP contribution < -0.4 is 5.32 Å². The van der Waals surface area contributed by atoms with Gasteiger partial charge in [-0.15, -0.1) is 12.4 Å². The first-order valence-corrected chi connectivity index (χ1v) is 10.1. The fourth-order valence-corrected chi connectivity index (χ4v) is 4.46. The quantitative estimate of drug-likeness (QED) is 0.858. The van der Waals surface area contributed by atoms with E-state index >= 15 is 0 Å². The topological polar surface area (TPSA) is 66.5 Å². The first-order valence-electron chi connectivity index (χ1n) is 8.28. The summed E-state index contributed by atoms with van der Waals surface area (Å²) in [7, 11) is -2.94. The molecule has 1 amide bonds. The van der Waals surface area contributed by atoms with Crippen LogP contribution in [0.3, 0.4) is 0 Å². The number of carbonyl (C=O) groups excluding carboxylic acids is 1. The molecule has 134 valence electrons. The second kappa shape index (κ2) is 8.32. The van der Waals surface area contributed by atoms with Gasteiger partial charge in [-0.05, 0) is 43.0 Å². The minimum absolute atomic E-state index is 0. The number of rotatable bonds is 4. The van der Waals surface area contributed by atoms with Gasteiger partial charge >= 0.3 is 0 Å². The van der Waals surface area contributed by atoms with E-state index in [2.05, 4.69) is 17.4 Å². The summed E-state index contributed by atoms with van der Waals surface area (Å²) in [5.41, 5.74) is 2.32. The minimum Gasteiger partial charge on any atom is -0.340 e. The van der Waals surface area contributed by atoms with Crippen molar-refractivity contribution in [3.8, 4) is 0 Å². The van der Waals surface area contributed by atoms with E-state index in [1.165, 1.54) is 12.0 Å². The average molecular weight is 373 g/mol. The molecule has 2 saturated heterocycles. The molecule has 0 saturated carbocycles. The lowest BCUT2D eigenvalue weighted by atomic mass is 9.97. The number of hydrogen-bond acceptors (Lipinski definition) is 4. The van der Waals surface area contributed by atoms with Crippen LogP contribution in [0.4, 0.5) is 0 Å². The van der Waals surface area contributed by atoms with Crippen LogP contribution in [0.15, 0.2) is 24.3 Å². The molecule has 3 rings (SSSR count). The molecule has 5 nitrogen and oxygen atoms in total. The van der Waals surface area contributed by atoms with Crippen LogP contribution in [0.25, 0.3) is 0 Å². The summed E-state index contributed by atoms with van der Waals surface area (Å²) >= 11 is 0. The van der Waals surface area contributed by atoms with Crippen molar-refractivity contribution in [3.63, 3.8) is 0 Å². The van der Waals surface area contributed by atoms with E-state index in [0.29, 0.717) is 19.5 Å². The Morgan fingerprint density at radius 2 is 1.75 bits per heavy atom. The van der Waals surface area contributed by atoms with Gasteiger partial charge in [-0.3, -0.25) is 4.79 Å². The molecule has 1 N–H and O–H groups in total. The zero-order chi connectivity index (χ0) is 16.3. The van der Waals surface area contributed by atoms with Crippen LogP contribution in [-0.4, -0.2) is 56.9 Å². The van der Waals surface area contributed by atoms with Crippen molar-refractivity contribution < 1.29 is 13.2 Å². The number of nitrogens with zero attached hydrogens (tertiary/aromatic N) is 1. The van der Waals surface area contributed by atoms with E-state index in [9.17, 15) is 13.2 Å². The predicted octanol–water partition coefficient (Wildman–Crippen LogP) is 1.06. The fraction of sp³-hybridized carbons (Fsp3) is 0.588. The Balaban J connectivity index is 0.00000208. The molecule has 1 atom stereocenters. The molecule has 24 heavy (non-hydrogen) atoms. The number of carbonyl (C=O) groups is 1. The summed E-state index contributed by atoms with van der Waals surface area (Å²) in [6.07, 6.45) is 2.68. The zero-order valence-electron chi connectivity index (χ0n) is 13.7. The Bertz CT molecular complexity index is 641. The summed E-state index contributed by atoms with van der Waals surface area (Å²) in [6.45, 7) is 2.86. The molecular weight excluding hydrogens is 348 g/mol. The van der Waals surface area contributed by atoms with Crippen molar-refractivity contribution in [2.75, 3.05) is 37.7 Å². The van der Waals surface area contributed by atoms with Crippen LogP contribution in [-0.2, 0) is 27.5 Å². The monoisotopic (exact) mass is 372 g/mol. The molecule has 2 fully saturated rings. The van der Waals surface area contributed by atoms with E-state index in [4.69, 9.17) is 0 Å². The average Bonchev–Trinajstić information content (AvgIpc) is 3.02. The van der Waals surface area contributed by atoms with Gasteiger partial charge in [0.1, 0.15) is 0 Å². The second-order valence-corrected chi connectivity index (χ2v) is 8.89. The molecule has 1 unspecified atom stereocenters. The van der Waals surface area contributed by atoms with Crippen molar-refractivity contribution in [2.24, 2.45) is 5.92 Å². The number of sulfone groups is 1. The summed E-state index contributed by atoms with van der Waals surface area (Å²) in [4.78, 5) is 13.9. The number of nitrogens with one attached hydrogen (secondary N) is 1. The van der Waals surface area contributed by atoms with Gasteiger partial charge in [0, 0.05) is 13.1 Å². The Kier molecular flexibility index (Phi) is 6.66. The first-order chi connectivity index (χ1) is 11.0. The van der Waals surface area contributed by atoms with Crippen LogP contribution >= 0.6 is 12.4 Å². The van der Waals surface area contributed by atoms with Crippen LogP contribution in [0.5, 0.6) is 0 Å². The lowest BCUT2D eigenvalue weighted by molar-refractivity contribution is -0.130. The molecule has 0 aliphatic carbocycles. The summed E-state index contributed by atoms with van der Waals surface area (Å²) < 4.78 is 22.8. The highest BCUT2D eigenvalue weighted by atomic mass is 35.5. The van der Waals surface area contributed by atoms with Crippen molar-refractivity contribution in [3.05, 3.63) is 35.4 Å². The highest BCUT2D eigenvalue weighted by molar-refractivity contribution is 7.91. The molecule has 0 radical (unpaired) electrons. The lowest BCUT2D eigenvalue weighted by Gasteiger charge is -2.26. The number of benzene rings is 1. The molecule has 0 aromatic heterocycles. The third-order valence-electron chi connectivity index (χ3n) is 4.76. The van der Waals surface area contributed by atoms with Gasteiger partial charge in [-0.2, -0.15) is 0 Å². The van der Waals surface area contributed by atoms with Crippen LogP contribution in [0, 0.1) is 5.92 Å². The van der Waals surface area contributed by atoms with Gasteiger partial charge in [0.05, 0.1) is 17.9 Å². The van der Waals surface area contributed by atoms with Crippen molar-refractivity contribution >= 4 is 28.2 Å². The van der Waals surface area contributed by atoms with E-state index < -0.39 is 9.84 Å². The van der Waals surface area contributed by atoms with Gasteiger partial charge in [0.15, 0.2) is 9.84 Å². The summed E-state index contributed by atoms with van der Waals surface area (Å²) in [5.74, 6) is 0.922. The smallest absolute Gasteiger partial charge is 0.227 e. The summed E-state index contributed by atoms with van der Waals surface area (Å²) in [6, 6.07) is 8.27. The Morgan fingerprint density at radius 3 is 2.33 bits per heavy atom. The third-order valence-corrected chi connectivity index (χ3v) is 6.37. The SMILES string of the molecule is Cl.O=C(Cc1ccc(CC2CCNC2)cc1)N1CCS(=O)(=O)CC1. The molecular formula is C17H25ClN2O3S. The van der Waals surface area contributed by atoms with Gasteiger partial charge in [-0.1, -0.05) is 24.3 Å². The molecule has 2 aliphatic heterocycles. The molecule has 0 spiro atoms. The maximum absolute atomic E-state index is 12.3. The minimum atomic E-state index is -2.94. The standard InChI is InChI=1S/C17H24N2O3S.ClH/c20-17(19-7-9-23(21,22)10-8-19)12-15-3-1-14(2-4-15)11-16-5-6-18-13-16;/h1-4,16,18H,5-13H2;1H. The first kappa shape index (κ1) is 19.2. The Morgan fingerprint density at radius 1 is 1.12 bits per heavy atom.